The molecule has 2 heterocycles. The molecule has 0 spiro atoms. The van der Waals surface area contributed by atoms with Crippen LogP contribution in [0.4, 0.5) is 13.2 Å². The summed E-state index contributed by atoms with van der Waals surface area (Å²) in [5.74, 6) is 0.710. The molecular formula is C15H27F3IN7O2S. The lowest BCUT2D eigenvalue weighted by Crippen LogP contribution is -2.47. The second-order valence-corrected chi connectivity index (χ2v) is 8.51. The van der Waals surface area contributed by atoms with E-state index in [-0.39, 0.29) is 43.0 Å². The lowest BCUT2D eigenvalue weighted by atomic mass is 9.98. The predicted octanol–water partition coefficient (Wildman–Crippen LogP) is 1.40. The third-order valence-corrected chi connectivity index (χ3v) is 6.22. The maximum atomic E-state index is 12.6. The standard InChI is InChI=1S/C15H26F3N7O2S.HI/c1-19-14(20-6-2-3-7-24-11-22-23-12-24)21-10-13-4-8-25(9-5-13)28(26,27)15(16,17)18;/h11-13H,2-10H2,1H3,(H2,19,20,21);1H. The third-order valence-electron chi connectivity index (χ3n) is 4.59. The van der Waals surface area contributed by atoms with Gasteiger partial charge < -0.3 is 15.2 Å². The van der Waals surface area contributed by atoms with Gasteiger partial charge in [0.05, 0.1) is 0 Å². The fraction of sp³-hybridized carbons (Fsp3) is 0.800. The number of rotatable bonds is 8. The van der Waals surface area contributed by atoms with Crippen molar-refractivity contribution in [3.05, 3.63) is 12.7 Å². The molecule has 168 valence electrons. The van der Waals surface area contributed by atoms with Gasteiger partial charge in [0.1, 0.15) is 12.7 Å². The minimum atomic E-state index is -5.24. The van der Waals surface area contributed by atoms with Crippen molar-refractivity contribution in [2.45, 2.75) is 37.7 Å². The summed E-state index contributed by atoms with van der Waals surface area (Å²) in [6.45, 7) is 1.84. The first-order chi connectivity index (χ1) is 13.2. The topological polar surface area (TPSA) is 105 Å². The molecule has 0 aliphatic carbocycles. The Morgan fingerprint density at radius 2 is 1.79 bits per heavy atom. The lowest BCUT2D eigenvalue weighted by molar-refractivity contribution is -0.0496. The van der Waals surface area contributed by atoms with Crippen LogP contribution in [0.15, 0.2) is 17.6 Å². The second-order valence-electron chi connectivity index (χ2n) is 6.58. The molecular weight excluding hydrogens is 526 g/mol. The van der Waals surface area contributed by atoms with Gasteiger partial charge in [-0.25, -0.2) is 8.42 Å². The summed E-state index contributed by atoms with van der Waals surface area (Å²) < 4.78 is 63.0. The van der Waals surface area contributed by atoms with Crippen LogP contribution in [0.3, 0.4) is 0 Å². The number of aliphatic imine (C=N–C) groups is 1. The van der Waals surface area contributed by atoms with Gasteiger partial charge in [-0.05, 0) is 31.6 Å². The van der Waals surface area contributed by atoms with E-state index in [0.29, 0.717) is 29.7 Å². The Morgan fingerprint density at radius 3 is 2.34 bits per heavy atom. The summed E-state index contributed by atoms with van der Waals surface area (Å²) in [5, 5.41) is 13.8. The van der Waals surface area contributed by atoms with E-state index in [1.807, 2.05) is 4.57 Å². The minimum Gasteiger partial charge on any atom is -0.356 e. The first-order valence-electron chi connectivity index (χ1n) is 9.07. The molecule has 1 aliphatic rings. The molecule has 1 aromatic heterocycles. The van der Waals surface area contributed by atoms with Crippen LogP contribution in [0.25, 0.3) is 0 Å². The van der Waals surface area contributed by atoms with Crippen LogP contribution < -0.4 is 10.6 Å². The highest BCUT2D eigenvalue weighted by molar-refractivity contribution is 14.0. The van der Waals surface area contributed by atoms with Crippen molar-refractivity contribution in [1.82, 2.24) is 29.7 Å². The lowest BCUT2D eigenvalue weighted by Gasteiger charge is -2.31. The predicted molar refractivity (Wildman–Crippen MR) is 113 cm³/mol. The van der Waals surface area contributed by atoms with E-state index in [9.17, 15) is 21.6 Å². The van der Waals surface area contributed by atoms with Gasteiger partial charge in [-0.15, -0.1) is 34.2 Å². The summed E-state index contributed by atoms with van der Waals surface area (Å²) >= 11 is 0. The molecule has 0 saturated carbocycles. The summed E-state index contributed by atoms with van der Waals surface area (Å²) in [4.78, 5) is 4.12. The zero-order chi connectivity index (χ0) is 20.6. The van der Waals surface area contributed by atoms with Gasteiger partial charge in [0, 0.05) is 39.8 Å². The molecule has 9 nitrogen and oxygen atoms in total. The van der Waals surface area contributed by atoms with Crippen LogP contribution in [0, 0.1) is 5.92 Å². The van der Waals surface area contributed by atoms with E-state index in [1.165, 1.54) is 0 Å². The van der Waals surface area contributed by atoms with E-state index >= 15 is 0 Å². The van der Waals surface area contributed by atoms with Crippen molar-refractivity contribution in [1.29, 1.82) is 0 Å². The Labute approximate surface area is 185 Å². The highest BCUT2D eigenvalue weighted by Gasteiger charge is 2.50. The van der Waals surface area contributed by atoms with Crippen LogP contribution in [0.2, 0.25) is 0 Å². The zero-order valence-corrected chi connectivity index (χ0v) is 19.2. The SMILES string of the molecule is CN=C(NCCCCn1cnnc1)NCC1CCN(S(=O)(=O)C(F)(F)F)CC1.I. The number of unbranched alkanes of at least 4 members (excludes halogenated alkanes) is 1. The number of nitrogens with one attached hydrogen (secondary N) is 2. The van der Waals surface area contributed by atoms with Gasteiger partial charge >= 0.3 is 15.5 Å². The minimum absolute atomic E-state index is 0. The van der Waals surface area contributed by atoms with Gasteiger partial charge in [0.2, 0.25) is 0 Å². The Balaban J connectivity index is 0.00000420. The Kier molecular flexibility index (Phi) is 10.6. The summed E-state index contributed by atoms with van der Waals surface area (Å²) in [7, 11) is -3.58. The number of hydrogen-bond donors (Lipinski definition) is 2. The monoisotopic (exact) mass is 553 g/mol. The van der Waals surface area contributed by atoms with Gasteiger partial charge in [-0.1, -0.05) is 0 Å². The first kappa shape index (κ1) is 25.9. The normalized spacial score (nSPS) is 17.0. The van der Waals surface area contributed by atoms with Gasteiger partial charge in [-0.3, -0.25) is 4.99 Å². The fourth-order valence-corrected chi connectivity index (χ4v) is 3.91. The van der Waals surface area contributed by atoms with E-state index in [1.54, 1.807) is 19.7 Å². The van der Waals surface area contributed by atoms with Gasteiger partial charge in [0.15, 0.2) is 5.96 Å². The van der Waals surface area contributed by atoms with Crippen molar-refractivity contribution in [2.24, 2.45) is 10.9 Å². The number of sulfonamides is 1. The number of alkyl halides is 3. The largest absolute Gasteiger partial charge is 0.511 e. The Bertz CT molecular complexity index is 721. The molecule has 0 amide bonds. The second kappa shape index (κ2) is 11.9. The molecule has 0 bridgehead atoms. The quantitative estimate of drug-likeness (QED) is 0.219. The van der Waals surface area contributed by atoms with Crippen molar-refractivity contribution in [2.75, 3.05) is 33.2 Å². The molecule has 1 aliphatic heterocycles. The van der Waals surface area contributed by atoms with Crippen LogP contribution in [0.1, 0.15) is 25.7 Å². The van der Waals surface area contributed by atoms with Crippen molar-refractivity contribution >= 4 is 40.0 Å². The zero-order valence-electron chi connectivity index (χ0n) is 16.1. The van der Waals surface area contributed by atoms with E-state index < -0.39 is 15.5 Å². The smallest absolute Gasteiger partial charge is 0.356 e. The number of halogens is 4. The average molecular weight is 553 g/mol. The molecule has 0 unspecified atom stereocenters. The molecule has 2 rings (SSSR count). The molecule has 29 heavy (non-hydrogen) atoms. The molecule has 2 N–H and O–H groups in total. The Morgan fingerprint density at radius 1 is 1.17 bits per heavy atom. The van der Waals surface area contributed by atoms with Crippen LogP contribution in [0.5, 0.6) is 0 Å². The number of guanidine groups is 1. The van der Waals surface area contributed by atoms with Crippen molar-refractivity contribution in [3.8, 4) is 0 Å². The summed E-state index contributed by atoms with van der Waals surface area (Å²) in [5.41, 5.74) is -5.24. The van der Waals surface area contributed by atoms with Crippen LogP contribution in [-0.4, -0.2) is 72.2 Å². The Hall–Kier alpha value is -1.16. The summed E-state index contributed by atoms with van der Waals surface area (Å²) in [6.07, 6.45) is 5.95. The van der Waals surface area contributed by atoms with E-state index in [2.05, 4.69) is 25.8 Å². The fourth-order valence-electron chi connectivity index (χ4n) is 2.93. The highest BCUT2D eigenvalue weighted by Crippen LogP contribution is 2.30. The molecule has 1 saturated heterocycles. The highest BCUT2D eigenvalue weighted by atomic mass is 127. The molecule has 0 atom stereocenters. The third kappa shape index (κ3) is 7.88. The summed E-state index contributed by atoms with van der Waals surface area (Å²) in [6, 6.07) is 0. The van der Waals surface area contributed by atoms with Crippen molar-refractivity contribution < 1.29 is 21.6 Å². The maximum Gasteiger partial charge on any atom is 0.511 e. The molecule has 0 radical (unpaired) electrons. The van der Waals surface area contributed by atoms with Crippen LogP contribution in [-0.2, 0) is 16.6 Å². The van der Waals surface area contributed by atoms with Gasteiger partial charge in [-0.2, -0.15) is 17.5 Å². The van der Waals surface area contributed by atoms with E-state index in [0.717, 1.165) is 25.9 Å². The van der Waals surface area contributed by atoms with Gasteiger partial charge in [0.25, 0.3) is 0 Å². The van der Waals surface area contributed by atoms with Crippen molar-refractivity contribution in [3.63, 3.8) is 0 Å². The number of aromatic nitrogens is 3. The number of aryl methyl sites for hydroxylation is 1. The van der Waals surface area contributed by atoms with E-state index in [4.69, 9.17) is 0 Å². The molecule has 1 fully saturated rings. The van der Waals surface area contributed by atoms with Crippen LogP contribution >= 0.6 is 24.0 Å². The number of nitrogens with zero attached hydrogens (tertiary/aromatic N) is 5. The molecule has 14 heteroatoms. The first-order valence-corrected chi connectivity index (χ1v) is 10.5. The molecule has 0 aromatic carbocycles. The maximum absolute atomic E-state index is 12.6. The molecule has 1 aromatic rings. The average Bonchev–Trinajstić information content (AvgIpc) is 3.17. The number of hydrogen-bond acceptors (Lipinski definition) is 5. The number of piperidine rings is 1.